The molecule has 7 heteroatoms. The highest BCUT2D eigenvalue weighted by Crippen LogP contribution is 2.50. The van der Waals surface area contributed by atoms with E-state index in [4.69, 9.17) is 0 Å². The molecule has 0 radical (unpaired) electrons. The van der Waals surface area contributed by atoms with Gasteiger partial charge in [-0.3, -0.25) is 9.59 Å². The molecule has 0 aliphatic carbocycles. The predicted molar refractivity (Wildman–Crippen MR) is 102 cm³/mol. The van der Waals surface area contributed by atoms with Gasteiger partial charge in [0.25, 0.3) is 0 Å². The maximum atomic E-state index is 13.7. The van der Waals surface area contributed by atoms with E-state index in [9.17, 15) is 14.0 Å². The summed E-state index contributed by atoms with van der Waals surface area (Å²) >= 11 is 0. The highest BCUT2D eigenvalue weighted by Gasteiger charge is 2.54. The van der Waals surface area contributed by atoms with Crippen molar-refractivity contribution in [3.05, 3.63) is 70.7 Å². The molecule has 140 valence electrons. The Morgan fingerprint density at radius 3 is 2.54 bits per heavy atom. The fourth-order valence-corrected chi connectivity index (χ4v) is 4.35. The Morgan fingerprint density at radius 1 is 1.04 bits per heavy atom. The fraction of sp³-hybridized carbons (Fsp3) is 0.190. The molecule has 0 bridgehead atoms. The average molecular weight is 376 g/mol. The van der Waals surface area contributed by atoms with Crippen LogP contribution in [0.5, 0.6) is 0 Å². The first-order chi connectivity index (χ1) is 13.4. The van der Waals surface area contributed by atoms with Crippen molar-refractivity contribution in [3.63, 3.8) is 0 Å². The Labute approximate surface area is 160 Å². The van der Waals surface area contributed by atoms with E-state index in [1.807, 2.05) is 26.0 Å². The summed E-state index contributed by atoms with van der Waals surface area (Å²) in [6.45, 7) is 3.98. The van der Waals surface area contributed by atoms with Crippen LogP contribution in [-0.4, -0.2) is 21.6 Å². The van der Waals surface area contributed by atoms with Gasteiger partial charge in [0, 0.05) is 17.7 Å². The van der Waals surface area contributed by atoms with E-state index < -0.39 is 11.2 Å². The molecule has 3 aromatic rings. The zero-order valence-corrected chi connectivity index (χ0v) is 15.3. The van der Waals surface area contributed by atoms with Crippen molar-refractivity contribution in [3.8, 4) is 5.69 Å². The molecule has 2 aliphatic heterocycles. The molecule has 1 atom stereocenters. The molecular weight excluding hydrogens is 359 g/mol. The summed E-state index contributed by atoms with van der Waals surface area (Å²) in [6, 6.07) is 10.1. The molecule has 28 heavy (non-hydrogen) atoms. The van der Waals surface area contributed by atoms with Gasteiger partial charge < -0.3 is 10.6 Å². The SMILES string of the molecule is Cc1cc(C)cc(-n2ncc3c2NC(=O)C[C@@]32C(=O)Nc3cc(F)ccc32)c1. The van der Waals surface area contributed by atoms with Crippen molar-refractivity contribution >= 4 is 23.3 Å². The van der Waals surface area contributed by atoms with Crippen LogP contribution in [0.15, 0.2) is 42.6 Å². The average Bonchev–Trinajstić information content (AvgIpc) is 3.14. The van der Waals surface area contributed by atoms with E-state index in [-0.39, 0.29) is 18.2 Å². The lowest BCUT2D eigenvalue weighted by atomic mass is 9.72. The number of anilines is 2. The number of hydrogen-bond donors (Lipinski definition) is 2. The van der Waals surface area contributed by atoms with Gasteiger partial charge in [0.1, 0.15) is 17.1 Å². The Kier molecular flexibility index (Phi) is 3.28. The van der Waals surface area contributed by atoms with E-state index in [0.717, 1.165) is 16.8 Å². The molecule has 2 aliphatic rings. The third-order valence-corrected chi connectivity index (χ3v) is 5.44. The van der Waals surface area contributed by atoms with Gasteiger partial charge in [-0.2, -0.15) is 5.10 Å². The topological polar surface area (TPSA) is 76.0 Å². The van der Waals surface area contributed by atoms with E-state index in [1.165, 1.54) is 12.1 Å². The van der Waals surface area contributed by atoms with Crippen LogP contribution in [0.4, 0.5) is 15.9 Å². The van der Waals surface area contributed by atoms with Gasteiger partial charge in [-0.1, -0.05) is 12.1 Å². The second kappa shape index (κ2) is 5.51. The van der Waals surface area contributed by atoms with Crippen LogP contribution >= 0.6 is 0 Å². The molecule has 1 aromatic heterocycles. The number of nitrogens with zero attached hydrogens (tertiary/aromatic N) is 2. The summed E-state index contributed by atoms with van der Waals surface area (Å²) in [4.78, 5) is 25.6. The van der Waals surface area contributed by atoms with Crippen LogP contribution in [0.2, 0.25) is 0 Å². The summed E-state index contributed by atoms with van der Waals surface area (Å²) in [6.07, 6.45) is 1.56. The number of carbonyl (C=O) groups excluding carboxylic acids is 2. The minimum Gasteiger partial charge on any atom is -0.325 e. The van der Waals surface area contributed by atoms with Crippen LogP contribution in [0.1, 0.15) is 28.7 Å². The molecule has 2 aromatic carbocycles. The third-order valence-electron chi connectivity index (χ3n) is 5.44. The lowest BCUT2D eigenvalue weighted by Crippen LogP contribution is -2.43. The van der Waals surface area contributed by atoms with Gasteiger partial charge in [0.05, 0.1) is 11.9 Å². The third kappa shape index (κ3) is 2.16. The van der Waals surface area contributed by atoms with Crippen LogP contribution in [-0.2, 0) is 15.0 Å². The maximum absolute atomic E-state index is 13.7. The van der Waals surface area contributed by atoms with Crippen molar-refractivity contribution < 1.29 is 14.0 Å². The van der Waals surface area contributed by atoms with Crippen LogP contribution in [0.3, 0.4) is 0 Å². The number of rotatable bonds is 1. The number of halogens is 1. The number of carbonyl (C=O) groups is 2. The second-order valence-corrected chi connectivity index (χ2v) is 7.44. The molecule has 6 nitrogen and oxygen atoms in total. The van der Waals surface area contributed by atoms with Gasteiger partial charge in [-0.25, -0.2) is 9.07 Å². The van der Waals surface area contributed by atoms with Crippen molar-refractivity contribution in [2.24, 2.45) is 0 Å². The maximum Gasteiger partial charge on any atom is 0.240 e. The van der Waals surface area contributed by atoms with Crippen molar-refractivity contribution in [2.45, 2.75) is 25.7 Å². The Morgan fingerprint density at radius 2 is 1.79 bits per heavy atom. The van der Waals surface area contributed by atoms with Gasteiger partial charge in [-0.15, -0.1) is 0 Å². The summed E-state index contributed by atoms with van der Waals surface area (Å²) in [7, 11) is 0. The molecule has 2 amide bonds. The zero-order valence-electron chi connectivity index (χ0n) is 15.3. The number of fused-ring (bicyclic) bond motifs is 4. The van der Waals surface area contributed by atoms with Crippen LogP contribution in [0.25, 0.3) is 5.69 Å². The van der Waals surface area contributed by atoms with Crippen LogP contribution in [0, 0.1) is 19.7 Å². The highest BCUT2D eigenvalue weighted by atomic mass is 19.1. The van der Waals surface area contributed by atoms with E-state index >= 15 is 0 Å². The molecule has 0 unspecified atom stereocenters. The van der Waals surface area contributed by atoms with Crippen LogP contribution < -0.4 is 10.6 Å². The van der Waals surface area contributed by atoms with Crippen molar-refractivity contribution in [1.29, 1.82) is 0 Å². The van der Waals surface area contributed by atoms with E-state index in [1.54, 1.807) is 16.9 Å². The summed E-state index contributed by atoms with van der Waals surface area (Å²) in [5.41, 5.74) is 3.31. The minimum absolute atomic E-state index is 0.0526. The molecular formula is C21H17FN4O2. The Bertz CT molecular complexity index is 1160. The zero-order chi connectivity index (χ0) is 19.6. The minimum atomic E-state index is -1.21. The molecule has 0 saturated carbocycles. The normalized spacial score (nSPS) is 20.0. The molecule has 0 saturated heterocycles. The first-order valence-electron chi connectivity index (χ1n) is 8.97. The van der Waals surface area contributed by atoms with Gasteiger partial charge >= 0.3 is 0 Å². The lowest BCUT2D eigenvalue weighted by molar-refractivity contribution is -0.125. The standard InChI is InChI=1S/C21H17FN4O2/c1-11-5-12(2)7-14(6-11)26-19-16(10-23-26)21(9-18(27)25-19)15-4-3-13(22)8-17(15)24-20(21)28/h3-8,10H,9H2,1-2H3,(H,24,28)(H,25,27)/t21-/m0/s1. The Hall–Kier alpha value is -3.48. The first kappa shape index (κ1) is 16.7. The van der Waals surface area contributed by atoms with Gasteiger partial charge in [0.15, 0.2) is 0 Å². The number of benzene rings is 2. The van der Waals surface area contributed by atoms with Gasteiger partial charge in [-0.05, 0) is 54.8 Å². The van der Waals surface area contributed by atoms with E-state index in [0.29, 0.717) is 22.6 Å². The number of amides is 2. The molecule has 2 N–H and O–H groups in total. The predicted octanol–water partition coefficient (Wildman–Crippen LogP) is 3.21. The number of aryl methyl sites for hydroxylation is 2. The fourth-order valence-electron chi connectivity index (χ4n) is 4.35. The van der Waals surface area contributed by atoms with Gasteiger partial charge in [0.2, 0.25) is 11.8 Å². The summed E-state index contributed by atoms with van der Waals surface area (Å²) in [5, 5.41) is 10.1. The summed E-state index contributed by atoms with van der Waals surface area (Å²) in [5.74, 6) is -0.605. The lowest BCUT2D eigenvalue weighted by Gasteiger charge is -2.31. The molecule has 0 fully saturated rings. The number of aromatic nitrogens is 2. The second-order valence-electron chi connectivity index (χ2n) is 7.44. The molecule has 1 spiro atoms. The molecule has 3 heterocycles. The van der Waals surface area contributed by atoms with Crippen molar-refractivity contribution in [1.82, 2.24) is 9.78 Å². The summed E-state index contributed by atoms with van der Waals surface area (Å²) < 4.78 is 15.3. The number of hydrogen-bond acceptors (Lipinski definition) is 3. The highest BCUT2D eigenvalue weighted by molar-refractivity contribution is 6.14. The largest absolute Gasteiger partial charge is 0.325 e. The quantitative estimate of drug-likeness (QED) is 0.685. The van der Waals surface area contributed by atoms with Crippen molar-refractivity contribution in [2.75, 3.05) is 10.6 Å². The Balaban J connectivity index is 1.76. The van der Waals surface area contributed by atoms with E-state index in [2.05, 4.69) is 21.8 Å². The number of nitrogens with one attached hydrogen (secondary N) is 2. The first-order valence-corrected chi connectivity index (χ1v) is 8.97. The molecule has 5 rings (SSSR count). The smallest absolute Gasteiger partial charge is 0.240 e. The monoisotopic (exact) mass is 376 g/mol.